The largest absolute Gasteiger partial charge is 0.356 e. The Morgan fingerprint density at radius 3 is 2.38 bits per heavy atom. The number of carbonyl (C=O) groups is 2. The molecule has 4 nitrogen and oxygen atoms in total. The zero-order valence-corrected chi connectivity index (χ0v) is 13.6. The average molecular weight is 328 g/mol. The van der Waals surface area contributed by atoms with Gasteiger partial charge in [0.15, 0.2) is 0 Å². The molecule has 0 unspecified atom stereocenters. The van der Waals surface area contributed by atoms with Gasteiger partial charge in [-0.2, -0.15) is 0 Å². The summed E-state index contributed by atoms with van der Waals surface area (Å²) in [5.74, 6) is -0.649. The zero-order chi connectivity index (χ0) is 17.4. The second kappa shape index (κ2) is 8.82. The molecule has 1 atom stereocenters. The summed E-state index contributed by atoms with van der Waals surface area (Å²) >= 11 is 0. The van der Waals surface area contributed by atoms with Crippen molar-refractivity contribution in [3.63, 3.8) is 0 Å². The first kappa shape index (κ1) is 17.7. The Hall–Kier alpha value is -2.69. The molecule has 0 aliphatic carbocycles. The molecule has 0 saturated carbocycles. The molecule has 2 amide bonds. The molecule has 2 aromatic carbocycles. The smallest absolute Gasteiger partial charge is 0.222 e. The number of benzene rings is 2. The van der Waals surface area contributed by atoms with E-state index in [2.05, 4.69) is 10.6 Å². The number of hydrogen-bond donors (Lipinski definition) is 2. The van der Waals surface area contributed by atoms with Crippen molar-refractivity contribution in [1.82, 2.24) is 10.6 Å². The molecule has 0 aliphatic rings. The molecule has 0 heterocycles. The second-order valence-electron chi connectivity index (χ2n) is 5.56. The highest BCUT2D eigenvalue weighted by molar-refractivity contribution is 5.79. The fraction of sp³-hybridized carbons (Fsp3) is 0.263. The van der Waals surface area contributed by atoms with E-state index in [0.29, 0.717) is 18.5 Å². The van der Waals surface area contributed by atoms with Gasteiger partial charge in [0.1, 0.15) is 5.82 Å². The van der Waals surface area contributed by atoms with E-state index in [9.17, 15) is 14.0 Å². The van der Waals surface area contributed by atoms with Gasteiger partial charge in [-0.3, -0.25) is 9.59 Å². The van der Waals surface area contributed by atoms with E-state index < -0.39 is 0 Å². The average Bonchev–Trinajstić information content (AvgIpc) is 2.56. The van der Waals surface area contributed by atoms with E-state index in [-0.39, 0.29) is 30.1 Å². The molecule has 0 spiro atoms. The van der Waals surface area contributed by atoms with Crippen molar-refractivity contribution in [3.05, 3.63) is 71.5 Å². The van der Waals surface area contributed by atoms with Gasteiger partial charge in [0.05, 0.1) is 12.5 Å². The summed E-state index contributed by atoms with van der Waals surface area (Å²) in [6.45, 7) is 1.77. The quantitative estimate of drug-likeness (QED) is 0.821. The molecule has 2 N–H and O–H groups in total. The minimum Gasteiger partial charge on any atom is -0.356 e. The summed E-state index contributed by atoms with van der Waals surface area (Å²) in [6.07, 6.45) is 0.565. The van der Waals surface area contributed by atoms with Crippen LogP contribution in [-0.4, -0.2) is 18.4 Å². The van der Waals surface area contributed by atoms with Crippen molar-refractivity contribution in [1.29, 1.82) is 0 Å². The first-order valence-corrected chi connectivity index (χ1v) is 7.88. The number of halogens is 1. The molecule has 0 bridgehead atoms. The Balaban J connectivity index is 1.88. The molecule has 2 rings (SSSR count). The summed E-state index contributed by atoms with van der Waals surface area (Å²) in [4.78, 5) is 23.5. The number of hydrogen-bond acceptors (Lipinski definition) is 2. The molecule has 0 aromatic heterocycles. The lowest BCUT2D eigenvalue weighted by Gasteiger charge is -2.18. The highest BCUT2D eigenvalue weighted by Gasteiger charge is 2.16. The number of carbonyl (C=O) groups excluding carboxylic acids is 2. The Bertz CT molecular complexity index is 689. The summed E-state index contributed by atoms with van der Waals surface area (Å²) in [6, 6.07) is 15.5. The lowest BCUT2D eigenvalue weighted by molar-refractivity contribution is -0.122. The summed E-state index contributed by atoms with van der Waals surface area (Å²) in [7, 11) is 0. The topological polar surface area (TPSA) is 58.2 Å². The Kier molecular flexibility index (Phi) is 6.49. The van der Waals surface area contributed by atoms with Gasteiger partial charge in [-0.25, -0.2) is 4.39 Å². The minimum absolute atomic E-state index is 0.140. The van der Waals surface area contributed by atoms with Crippen LogP contribution in [0.5, 0.6) is 0 Å². The molecule has 0 radical (unpaired) electrons. The van der Waals surface area contributed by atoms with Gasteiger partial charge in [-0.15, -0.1) is 0 Å². The Morgan fingerprint density at radius 1 is 1.04 bits per heavy atom. The lowest BCUT2D eigenvalue weighted by atomic mass is 10.0. The molecule has 24 heavy (non-hydrogen) atoms. The number of rotatable bonds is 7. The first-order valence-electron chi connectivity index (χ1n) is 7.88. The summed E-state index contributed by atoms with van der Waals surface area (Å²) in [5, 5.41) is 5.56. The van der Waals surface area contributed by atoms with Crippen molar-refractivity contribution in [2.75, 3.05) is 6.54 Å². The SMILES string of the molecule is CC(=O)N[C@H](CC(=O)NCCc1ccccc1F)c1ccccc1. The van der Waals surface area contributed by atoms with Crippen LogP contribution in [0.15, 0.2) is 54.6 Å². The fourth-order valence-electron chi connectivity index (χ4n) is 2.48. The predicted molar refractivity (Wildman–Crippen MR) is 90.7 cm³/mol. The lowest BCUT2D eigenvalue weighted by Crippen LogP contribution is -2.33. The van der Waals surface area contributed by atoms with Crippen molar-refractivity contribution in [3.8, 4) is 0 Å². The van der Waals surface area contributed by atoms with E-state index in [1.54, 1.807) is 18.2 Å². The van der Waals surface area contributed by atoms with Crippen LogP contribution in [0.2, 0.25) is 0 Å². The van der Waals surface area contributed by atoms with E-state index in [0.717, 1.165) is 5.56 Å². The van der Waals surface area contributed by atoms with Gasteiger partial charge >= 0.3 is 0 Å². The fourth-order valence-corrected chi connectivity index (χ4v) is 2.48. The number of amides is 2. The molecule has 0 saturated heterocycles. The molecule has 0 fully saturated rings. The van der Waals surface area contributed by atoms with Gasteiger partial charge in [-0.1, -0.05) is 48.5 Å². The van der Waals surface area contributed by atoms with Gasteiger partial charge in [0.25, 0.3) is 0 Å². The third-order valence-corrected chi connectivity index (χ3v) is 3.64. The van der Waals surface area contributed by atoms with Crippen LogP contribution in [-0.2, 0) is 16.0 Å². The standard InChI is InChI=1S/C19H21FN2O2/c1-14(23)22-18(16-8-3-2-4-9-16)13-19(24)21-12-11-15-7-5-6-10-17(15)20/h2-10,18H,11-13H2,1H3,(H,21,24)(H,22,23)/t18-/m1/s1. The van der Waals surface area contributed by atoms with Gasteiger partial charge in [-0.05, 0) is 23.6 Å². The maximum absolute atomic E-state index is 13.5. The van der Waals surface area contributed by atoms with Gasteiger partial charge in [0.2, 0.25) is 11.8 Å². The van der Waals surface area contributed by atoms with E-state index in [1.165, 1.54) is 13.0 Å². The molecular formula is C19H21FN2O2. The maximum atomic E-state index is 13.5. The van der Waals surface area contributed by atoms with Crippen LogP contribution < -0.4 is 10.6 Å². The molecular weight excluding hydrogens is 307 g/mol. The van der Waals surface area contributed by atoms with Crippen LogP contribution in [0.25, 0.3) is 0 Å². The van der Waals surface area contributed by atoms with E-state index >= 15 is 0 Å². The van der Waals surface area contributed by atoms with Crippen LogP contribution in [0.4, 0.5) is 4.39 Å². The summed E-state index contributed by atoms with van der Waals surface area (Å²) in [5.41, 5.74) is 1.44. The highest BCUT2D eigenvalue weighted by Crippen LogP contribution is 2.16. The highest BCUT2D eigenvalue weighted by atomic mass is 19.1. The van der Waals surface area contributed by atoms with Crippen LogP contribution in [0.3, 0.4) is 0 Å². The molecule has 5 heteroatoms. The third-order valence-electron chi connectivity index (χ3n) is 3.64. The van der Waals surface area contributed by atoms with Crippen molar-refractivity contribution >= 4 is 11.8 Å². The molecule has 2 aromatic rings. The van der Waals surface area contributed by atoms with E-state index in [4.69, 9.17) is 0 Å². The van der Waals surface area contributed by atoms with Gasteiger partial charge in [0, 0.05) is 13.5 Å². The summed E-state index contributed by atoms with van der Waals surface area (Å²) < 4.78 is 13.5. The predicted octanol–water partition coefficient (Wildman–Crippen LogP) is 2.75. The molecule has 0 aliphatic heterocycles. The third kappa shape index (κ3) is 5.50. The van der Waals surface area contributed by atoms with Crippen molar-refractivity contribution < 1.29 is 14.0 Å². The normalized spacial score (nSPS) is 11.6. The van der Waals surface area contributed by atoms with Crippen molar-refractivity contribution in [2.24, 2.45) is 0 Å². The van der Waals surface area contributed by atoms with E-state index in [1.807, 2.05) is 30.3 Å². The Morgan fingerprint density at radius 2 is 1.71 bits per heavy atom. The van der Waals surface area contributed by atoms with Crippen LogP contribution in [0.1, 0.15) is 30.5 Å². The van der Waals surface area contributed by atoms with Crippen molar-refractivity contribution in [2.45, 2.75) is 25.8 Å². The minimum atomic E-state index is -0.378. The van der Waals surface area contributed by atoms with Crippen LogP contribution >= 0.6 is 0 Å². The zero-order valence-electron chi connectivity index (χ0n) is 13.6. The number of nitrogens with one attached hydrogen (secondary N) is 2. The Labute approximate surface area is 141 Å². The first-order chi connectivity index (χ1) is 11.6. The second-order valence-corrected chi connectivity index (χ2v) is 5.56. The monoisotopic (exact) mass is 328 g/mol. The van der Waals surface area contributed by atoms with Crippen LogP contribution in [0, 0.1) is 5.82 Å². The van der Waals surface area contributed by atoms with Gasteiger partial charge < -0.3 is 10.6 Å². The maximum Gasteiger partial charge on any atom is 0.222 e. The molecule has 126 valence electrons.